The van der Waals surface area contributed by atoms with Crippen LogP contribution in [0.5, 0.6) is 0 Å². The van der Waals surface area contributed by atoms with Crippen LogP contribution >= 0.6 is 0 Å². The number of carboxylic acid groups (broad SMARTS) is 1. The smallest absolute Gasteiger partial charge is 0.323 e. The minimum absolute atomic E-state index is 0.0327. The second kappa shape index (κ2) is 11.2. The number of Topliss-reactive ketones (excluding diaryl/α,β-unsaturated/α-hetero) is 1. The average molecular weight is 461 g/mol. The largest absolute Gasteiger partial charge is 0.480 e. The first-order chi connectivity index (χ1) is 15.1. The molecule has 0 aliphatic heterocycles. The lowest BCUT2D eigenvalue weighted by Crippen LogP contribution is -2.48. The first-order valence-corrected chi connectivity index (χ1v) is 11.1. The summed E-state index contributed by atoms with van der Waals surface area (Å²) in [4.78, 5) is 35.5. The molecule has 0 aliphatic carbocycles. The van der Waals surface area contributed by atoms with E-state index < -0.39 is 34.5 Å². The standard InChI is InChI=1S/C21H24N4O6S/c22-20(23)15-11-9-14(10-12-15)18(26)7-4-8-19(27)24-13-17(21(28)29)25-32(30,31)16-5-2-1-3-6-16/h1-3,5-6,9-12,17,25H,4,7-8,13H2,(H3,22,23)(H,24,27)(H,28,29). The first kappa shape index (κ1) is 24.7. The molecule has 2 aromatic rings. The number of hydrogen-bond donors (Lipinski definition) is 5. The normalized spacial score (nSPS) is 12.0. The van der Waals surface area contributed by atoms with Crippen molar-refractivity contribution in [2.75, 3.05) is 6.54 Å². The molecule has 0 fully saturated rings. The van der Waals surface area contributed by atoms with Crippen LogP contribution in [0.2, 0.25) is 0 Å². The summed E-state index contributed by atoms with van der Waals surface area (Å²) in [5, 5.41) is 19.0. The lowest BCUT2D eigenvalue weighted by Gasteiger charge is -2.15. The van der Waals surface area contributed by atoms with Gasteiger partial charge in [0, 0.05) is 30.5 Å². The number of carbonyl (C=O) groups is 3. The van der Waals surface area contributed by atoms with Gasteiger partial charge in [-0.05, 0) is 18.6 Å². The van der Waals surface area contributed by atoms with Crippen molar-refractivity contribution in [3.8, 4) is 0 Å². The second-order valence-corrected chi connectivity index (χ2v) is 8.61. The van der Waals surface area contributed by atoms with Crippen LogP contribution in [0.3, 0.4) is 0 Å². The number of ketones is 1. The number of amidine groups is 1. The van der Waals surface area contributed by atoms with Crippen molar-refractivity contribution in [2.24, 2.45) is 5.73 Å². The number of nitrogens with two attached hydrogens (primary N) is 1. The molecule has 0 spiro atoms. The highest BCUT2D eigenvalue weighted by Crippen LogP contribution is 2.10. The number of nitrogen functional groups attached to an aromatic ring is 1. The van der Waals surface area contributed by atoms with E-state index in [1.807, 2.05) is 0 Å². The van der Waals surface area contributed by atoms with Crippen molar-refractivity contribution < 1.29 is 27.9 Å². The van der Waals surface area contributed by atoms with E-state index in [0.717, 1.165) is 0 Å². The minimum Gasteiger partial charge on any atom is -0.480 e. The van der Waals surface area contributed by atoms with Gasteiger partial charge in [-0.2, -0.15) is 4.72 Å². The summed E-state index contributed by atoms with van der Waals surface area (Å²) in [6, 6.07) is 12.0. The predicted octanol–water partition coefficient (Wildman–Crippen LogP) is 0.872. The number of carboxylic acids is 1. The van der Waals surface area contributed by atoms with Gasteiger partial charge in [0.1, 0.15) is 11.9 Å². The molecular weight excluding hydrogens is 436 g/mol. The molecule has 170 valence electrons. The monoisotopic (exact) mass is 460 g/mol. The molecule has 0 heterocycles. The summed E-state index contributed by atoms with van der Waals surface area (Å²) in [5.41, 5.74) is 6.29. The van der Waals surface area contributed by atoms with Gasteiger partial charge < -0.3 is 16.2 Å². The molecular formula is C21H24N4O6S. The number of nitrogens with one attached hydrogen (secondary N) is 3. The van der Waals surface area contributed by atoms with Crippen LogP contribution in [0.15, 0.2) is 59.5 Å². The molecule has 32 heavy (non-hydrogen) atoms. The Morgan fingerprint density at radius 2 is 1.56 bits per heavy atom. The van der Waals surface area contributed by atoms with Crippen molar-refractivity contribution in [2.45, 2.75) is 30.2 Å². The van der Waals surface area contributed by atoms with Gasteiger partial charge in [-0.15, -0.1) is 0 Å². The highest BCUT2D eigenvalue weighted by molar-refractivity contribution is 7.89. The fraction of sp³-hybridized carbons (Fsp3) is 0.238. The molecule has 1 atom stereocenters. The van der Waals surface area contributed by atoms with Gasteiger partial charge in [0.2, 0.25) is 15.9 Å². The van der Waals surface area contributed by atoms with Crippen LogP contribution in [0.4, 0.5) is 0 Å². The number of hydrogen-bond acceptors (Lipinski definition) is 6. The second-order valence-electron chi connectivity index (χ2n) is 6.90. The van der Waals surface area contributed by atoms with Gasteiger partial charge >= 0.3 is 5.97 Å². The summed E-state index contributed by atoms with van der Waals surface area (Å²) >= 11 is 0. The molecule has 1 amide bonds. The SMILES string of the molecule is N=C(N)c1ccc(C(=O)CCCC(=O)NCC(NS(=O)(=O)c2ccccc2)C(=O)O)cc1. The lowest BCUT2D eigenvalue weighted by molar-refractivity contribution is -0.138. The highest BCUT2D eigenvalue weighted by atomic mass is 32.2. The number of benzene rings is 2. The Bertz CT molecular complexity index is 1090. The summed E-state index contributed by atoms with van der Waals surface area (Å²) in [6.45, 7) is -0.444. The zero-order chi connectivity index (χ0) is 23.7. The Hall–Kier alpha value is -3.57. The van der Waals surface area contributed by atoms with Crippen LogP contribution in [0, 0.1) is 5.41 Å². The van der Waals surface area contributed by atoms with Gasteiger partial charge in [0.05, 0.1) is 4.90 Å². The van der Waals surface area contributed by atoms with E-state index in [-0.39, 0.29) is 35.8 Å². The van der Waals surface area contributed by atoms with Gasteiger partial charge in [0.25, 0.3) is 0 Å². The minimum atomic E-state index is -4.07. The van der Waals surface area contributed by atoms with Crippen molar-refractivity contribution >= 4 is 33.5 Å². The number of amides is 1. The molecule has 0 saturated carbocycles. The van der Waals surface area contributed by atoms with E-state index in [1.54, 1.807) is 30.3 Å². The van der Waals surface area contributed by atoms with Gasteiger partial charge in [-0.1, -0.05) is 42.5 Å². The van der Waals surface area contributed by atoms with Gasteiger partial charge in [-0.3, -0.25) is 19.8 Å². The molecule has 0 aromatic heterocycles. The number of sulfonamides is 1. The molecule has 2 aromatic carbocycles. The van der Waals surface area contributed by atoms with E-state index >= 15 is 0 Å². The summed E-state index contributed by atoms with van der Waals surface area (Å²) in [5.74, 6) is -2.23. The van der Waals surface area contributed by atoms with E-state index in [2.05, 4.69) is 10.0 Å². The Labute approximate surface area is 185 Å². The number of aliphatic carboxylic acids is 1. The quantitative estimate of drug-likeness (QED) is 0.177. The van der Waals surface area contributed by atoms with Crippen LogP contribution in [-0.4, -0.2) is 49.6 Å². The molecule has 0 bridgehead atoms. The third-order valence-corrected chi connectivity index (χ3v) is 5.97. The van der Waals surface area contributed by atoms with E-state index in [1.165, 1.54) is 24.3 Å². The fourth-order valence-corrected chi connectivity index (χ4v) is 3.94. The summed E-state index contributed by atoms with van der Waals surface area (Å²) in [6.07, 6.45) is 0.289. The molecule has 1 unspecified atom stereocenters. The van der Waals surface area contributed by atoms with Crippen molar-refractivity contribution in [3.05, 3.63) is 65.7 Å². The third kappa shape index (κ3) is 7.29. The van der Waals surface area contributed by atoms with Gasteiger partial charge in [-0.25, -0.2) is 8.42 Å². The Balaban J connectivity index is 1.82. The maximum absolute atomic E-state index is 12.3. The molecule has 10 nitrogen and oxygen atoms in total. The van der Waals surface area contributed by atoms with Gasteiger partial charge in [0.15, 0.2) is 5.78 Å². The Kier molecular flexibility index (Phi) is 8.62. The molecule has 0 radical (unpaired) electrons. The fourth-order valence-electron chi connectivity index (χ4n) is 2.73. The van der Waals surface area contributed by atoms with Crippen LogP contribution in [0.1, 0.15) is 35.2 Å². The molecule has 0 aliphatic rings. The summed E-state index contributed by atoms with van der Waals surface area (Å²) in [7, 11) is -4.07. The number of rotatable bonds is 12. The topological polar surface area (TPSA) is 180 Å². The van der Waals surface area contributed by atoms with E-state index in [4.69, 9.17) is 11.1 Å². The zero-order valence-corrected chi connectivity index (χ0v) is 17.9. The third-order valence-electron chi connectivity index (χ3n) is 4.48. The lowest BCUT2D eigenvalue weighted by atomic mass is 10.0. The zero-order valence-electron chi connectivity index (χ0n) is 17.1. The van der Waals surface area contributed by atoms with Crippen LogP contribution in [-0.2, 0) is 19.6 Å². The summed E-state index contributed by atoms with van der Waals surface area (Å²) < 4.78 is 26.6. The average Bonchev–Trinajstić information content (AvgIpc) is 2.77. The molecule has 6 N–H and O–H groups in total. The molecule has 0 saturated heterocycles. The van der Waals surface area contributed by atoms with Crippen LogP contribution in [0.25, 0.3) is 0 Å². The van der Waals surface area contributed by atoms with Crippen molar-refractivity contribution in [1.29, 1.82) is 5.41 Å². The Morgan fingerprint density at radius 1 is 0.969 bits per heavy atom. The van der Waals surface area contributed by atoms with E-state index in [9.17, 15) is 27.9 Å². The molecule has 2 rings (SSSR count). The van der Waals surface area contributed by atoms with Crippen LogP contribution < -0.4 is 15.8 Å². The molecule has 11 heteroatoms. The maximum atomic E-state index is 12.3. The van der Waals surface area contributed by atoms with Crippen molar-refractivity contribution in [1.82, 2.24) is 10.0 Å². The first-order valence-electron chi connectivity index (χ1n) is 9.64. The Morgan fingerprint density at radius 3 is 2.12 bits per heavy atom. The predicted molar refractivity (Wildman–Crippen MR) is 117 cm³/mol. The maximum Gasteiger partial charge on any atom is 0.323 e. The number of carbonyl (C=O) groups excluding carboxylic acids is 2. The highest BCUT2D eigenvalue weighted by Gasteiger charge is 2.25. The van der Waals surface area contributed by atoms with E-state index in [0.29, 0.717) is 11.1 Å². The van der Waals surface area contributed by atoms with Crippen molar-refractivity contribution in [3.63, 3.8) is 0 Å².